The van der Waals surface area contributed by atoms with Crippen molar-refractivity contribution in [1.29, 1.82) is 0 Å². The molecule has 1 rings (SSSR count). The Kier molecular flexibility index (Phi) is 4.39. The third kappa shape index (κ3) is 3.58. The van der Waals surface area contributed by atoms with Gasteiger partial charge in [-0.2, -0.15) is 0 Å². The number of β-amino-alcohol motifs (C(OH)–C–C–N with tert-alkyl or cyclic N) is 1. The molecule has 1 aliphatic heterocycles. The molecule has 84 valence electrons. The van der Waals surface area contributed by atoms with Crippen molar-refractivity contribution in [2.24, 2.45) is 11.8 Å². The molecule has 0 aliphatic carbocycles. The van der Waals surface area contributed by atoms with E-state index in [0.717, 1.165) is 25.4 Å². The van der Waals surface area contributed by atoms with E-state index in [-0.39, 0.29) is 6.10 Å². The first-order chi connectivity index (χ1) is 6.49. The largest absolute Gasteiger partial charge is 0.392 e. The fourth-order valence-corrected chi connectivity index (χ4v) is 2.44. The van der Waals surface area contributed by atoms with Crippen LogP contribution in [0.2, 0.25) is 0 Å². The Balaban J connectivity index is 2.45. The maximum atomic E-state index is 9.65. The van der Waals surface area contributed by atoms with Crippen LogP contribution in [0.1, 0.15) is 40.5 Å². The predicted octanol–water partition coefficient (Wildman–Crippen LogP) is 2.12. The zero-order valence-electron chi connectivity index (χ0n) is 10.0. The molecule has 2 heteroatoms. The van der Waals surface area contributed by atoms with E-state index < -0.39 is 0 Å². The summed E-state index contributed by atoms with van der Waals surface area (Å²) in [4.78, 5) is 2.47. The molecule has 0 aromatic rings. The number of rotatable bonds is 4. The van der Waals surface area contributed by atoms with Crippen LogP contribution in [0.3, 0.4) is 0 Å². The molecule has 0 amide bonds. The van der Waals surface area contributed by atoms with Crippen LogP contribution in [-0.2, 0) is 0 Å². The van der Waals surface area contributed by atoms with Crippen molar-refractivity contribution < 1.29 is 5.11 Å². The third-order valence-electron chi connectivity index (χ3n) is 2.85. The Morgan fingerprint density at radius 1 is 1.21 bits per heavy atom. The molecule has 14 heavy (non-hydrogen) atoms. The van der Waals surface area contributed by atoms with Gasteiger partial charge in [0.05, 0.1) is 6.10 Å². The van der Waals surface area contributed by atoms with Crippen molar-refractivity contribution in [3.63, 3.8) is 0 Å². The minimum atomic E-state index is -0.0856. The first-order valence-corrected chi connectivity index (χ1v) is 5.91. The van der Waals surface area contributed by atoms with Crippen LogP contribution in [0.5, 0.6) is 0 Å². The summed E-state index contributed by atoms with van der Waals surface area (Å²) in [7, 11) is 0. The summed E-state index contributed by atoms with van der Waals surface area (Å²) in [6.07, 6.45) is 2.12. The second-order valence-electron chi connectivity index (χ2n) is 5.52. The van der Waals surface area contributed by atoms with Crippen LogP contribution in [-0.4, -0.2) is 35.2 Å². The molecule has 2 nitrogen and oxygen atoms in total. The Bertz CT molecular complexity index is 150. The van der Waals surface area contributed by atoms with Crippen molar-refractivity contribution >= 4 is 0 Å². The molecule has 1 fully saturated rings. The SMILES string of the molecule is CC(C)C[C@H]1C[C@H](O)CN1CC(C)C. The lowest BCUT2D eigenvalue weighted by molar-refractivity contribution is 0.166. The van der Waals surface area contributed by atoms with Gasteiger partial charge in [0.2, 0.25) is 0 Å². The molecule has 0 saturated carbocycles. The van der Waals surface area contributed by atoms with Crippen LogP contribution < -0.4 is 0 Å². The van der Waals surface area contributed by atoms with Crippen LogP contribution in [0.25, 0.3) is 0 Å². The highest BCUT2D eigenvalue weighted by molar-refractivity contribution is 4.85. The summed E-state index contributed by atoms with van der Waals surface area (Å²) in [6, 6.07) is 0.618. The lowest BCUT2D eigenvalue weighted by atomic mass is 10.0. The molecule has 1 saturated heterocycles. The van der Waals surface area contributed by atoms with Crippen molar-refractivity contribution in [3.8, 4) is 0 Å². The summed E-state index contributed by atoms with van der Waals surface area (Å²) in [5.41, 5.74) is 0. The summed E-state index contributed by atoms with van der Waals surface area (Å²) in [6.45, 7) is 11.0. The van der Waals surface area contributed by atoms with Gasteiger partial charge in [0.25, 0.3) is 0 Å². The van der Waals surface area contributed by atoms with Gasteiger partial charge in [-0.3, -0.25) is 4.90 Å². The second kappa shape index (κ2) is 5.13. The van der Waals surface area contributed by atoms with Gasteiger partial charge in [-0.05, 0) is 24.7 Å². The number of aliphatic hydroxyl groups excluding tert-OH is 1. The monoisotopic (exact) mass is 199 g/mol. The molecule has 1 heterocycles. The topological polar surface area (TPSA) is 23.5 Å². The van der Waals surface area contributed by atoms with Crippen LogP contribution in [0, 0.1) is 11.8 Å². The molecule has 0 spiro atoms. The Hall–Kier alpha value is -0.0800. The van der Waals surface area contributed by atoms with Gasteiger partial charge in [-0.25, -0.2) is 0 Å². The van der Waals surface area contributed by atoms with E-state index in [1.807, 2.05) is 0 Å². The van der Waals surface area contributed by atoms with Crippen LogP contribution in [0.15, 0.2) is 0 Å². The van der Waals surface area contributed by atoms with Gasteiger partial charge < -0.3 is 5.11 Å². The van der Waals surface area contributed by atoms with Crippen LogP contribution in [0.4, 0.5) is 0 Å². The van der Waals surface area contributed by atoms with Gasteiger partial charge in [0, 0.05) is 19.1 Å². The lowest BCUT2D eigenvalue weighted by Gasteiger charge is -2.26. The quantitative estimate of drug-likeness (QED) is 0.749. The molecule has 1 N–H and O–H groups in total. The Labute approximate surface area is 88.3 Å². The summed E-state index contributed by atoms with van der Waals surface area (Å²) < 4.78 is 0. The van der Waals surface area contributed by atoms with E-state index in [2.05, 4.69) is 32.6 Å². The van der Waals surface area contributed by atoms with Gasteiger partial charge in [0.15, 0.2) is 0 Å². The first-order valence-electron chi connectivity index (χ1n) is 5.91. The van der Waals surface area contributed by atoms with E-state index >= 15 is 0 Å². The number of hydrogen-bond acceptors (Lipinski definition) is 2. The highest BCUT2D eigenvalue weighted by Crippen LogP contribution is 2.24. The lowest BCUT2D eigenvalue weighted by Crippen LogP contribution is -2.34. The van der Waals surface area contributed by atoms with Gasteiger partial charge >= 0.3 is 0 Å². The summed E-state index contributed by atoms with van der Waals surface area (Å²) in [5.74, 6) is 1.44. The van der Waals surface area contributed by atoms with Gasteiger partial charge in [-0.1, -0.05) is 27.7 Å². The molecular weight excluding hydrogens is 174 g/mol. The van der Waals surface area contributed by atoms with Crippen molar-refractivity contribution in [2.45, 2.75) is 52.7 Å². The molecule has 2 atom stereocenters. The van der Waals surface area contributed by atoms with Crippen molar-refractivity contribution in [1.82, 2.24) is 4.90 Å². The number of aliphatic hydroxyl groups is 1. The van der Waals surface area contributed by atoms with E-state index in [9.17, 15) is 5.11 Å². The molecule has 0 aromatic heterocycles. The fourth-order valence-electron chi connectivity index (χ4n) is 2.44. The smallest absolute Gasteiger partial charge is 0.0682 e. The fraction of sp³-hybridized carbons (Fsp3) is 1.00. The van der Waals surface area contributed by atoms with E-state index in [1.54, 1.807) is 0 Å². The second-order valence-corrected chi connectivity index (χ2v) is 5.52. The molecule has 0 aromatic carbocycles. The first kappa shape index (κ1) is 12.0. The number of hydrogen-bond donors (Lipinski definition) is 1. The van der Waals surface area contributed by atoms with Crippen molar-refractivity contribution in [3.05, 3.63) is 0 Å². The maximum Gasteiger partial charge on any atom is 0.0682 e. The molecule has 0 bridgehead atoms. The van der Waals surface area contributed by atoms with Gasteiger partial charge in [-0.15, -0.1) is 0 Å². The van der Waals surface area contributed by atoms with E-state index in [4.69, 9.17) is 0 Å². The van der Waals surface area contributed by atoms with Crippen molar-refractivity contribution in [2.75, 3.05) is 13.1 Å². The molecule has 0 unspecified atom stereocenters. The maximum absolute atomic E-state index is 9.65. The average molecular weight is 199 g/mol. The normalized spacial score (nSPS) is 29.4. The zero-order chi connectivity index (χ0) is 10.7. The standard InChI is InChI=1S/C12H25NO/c1-9(2)5-11-6-12(14)8-13(11)7-10(3)4/h9-12,14H,5-8H2,1-4H3/t11-,12-/m0/s1. The highest BCUT2D eigenvalue weighted by atomic mass is 16.3. The Morgan fingerprint density at radius 3 is 2.36 bits per heavy atom. The minimum Gasteiger partial charge on any atom is -0.392 e. The minimum absolute atomic E-state index is 0.0856. The average Bonchev–Trinajstić information content (AvgIpc) is 2.28. The zero-order valence-corrected chi connectivity index (χ0v) is 10.0. The third-order valence-corrected chi connectivity index (χ3v) is 2.85. The Morgan fingerprint density at radius 2 is 1.86 bits per heavy atom. The predicted molar refractivity (Wildman–Crippen MR) is 60.3 cm³/mol. The summed E-state index contributed by atoms with van der Waals surface area (Å²) >= 11 is 0. The summed E-state index contributed by atoms with van der Waals surface area (Å²) in [5, 5.41) is 9.65. The number of likely N-dealkylation sites (tertiary alicyclic amines) is 1. The molecular formula is C12H25NO. The number of nitrogens with zero attached hydrogens (tertiary/aromatic N) is 1. The molecule has 0 radical (unpaired) electrons. The van der Waals surface area contributed by atoms with E-state index in [1.165, 1.54) is 6.42 Å². The van der Waals surface area contributed by atoms with Crippen LogP contribution >= 0.6 is 0 Å². The highest BCUT2D eigenvalue weighted by Gasteiger charge is 2.31. The van der Waals surface area contributed by atoms with Gasteiger partial charge in [0.1, 0.15) is 0 Å². The molecule has 1 aliphatic rings. The van der Waals surface area contributed by atoms with E-state index in [0.29, 0.717) is 12.0 Å².